The van der Waals surface area contributed by atoms with Crippen molar-refractivity contribution in [2.75, 3.05) is 5.32 Å². The number of hydrogen-bond donors (Lipinski definition) is 3. The standard InChI is InChI=1S/C10H16N4O3S/c1-10(2,3)14-9-6(8(11)15)4-12-7(13-9)5-18(16)17/h4H,5H2,1-3H3,(H2,11,15)(H,16,17)(H,12,13,14). The molecule has 1 aromatic heterocycles. The van der Waals surface area contributed by atoms with Crippen LogP contribution in [0.15, 0.2) is 6.20 Å². The van der Waals surface area contributed by atoms with Crippen LogP contribution >= 0.6 is 0 Å². The molecule has 0 aliphatic rings. The Morgan fingerprint density at radius 1 is 1.56 bits per heavy atom. The van der Waals surface area contributed by atoms with Gasteiger partial charge in [-0.1, -0.05) is 0 Å². The summed E-state index contributed by atoms with van der Waals surface area (Å²) >= 11 is -2.03. The number of nitrogens with one attached hydrogen (secondary N) is 1. The minimum absolute atomic E-state index is 0.150. The molecule has 0 aliphatic heterocycles. The first-order chi connectivity index (χ1) is 8.19. The number of amides is 1. The van der Waals surface area contributed by atoms with E-state index >= 15 is 0 Å². The Morgan fingerprint density at radius 2 is 2.17 bits per heavy atom. The third-order valence-electron chi connectivity index (χ3n) is 1.85. The Kier molecular flexibility index (Phi) is 4.36. The van der Waals surface area contributed by atoms with Gasteiger partial charge in [-0.05, 0) is 20.8 Å². The third-order valence-corrected chi connectivity index (χ3v) is 2.36. The molecule has 1 atom stereocenters. The normalized spacial score (nSPS) is 13.1. The van der Waals surface area contributed by atoms with E-state index in [-0.39, 0.29) is 28.5 Å². The topological polar surface area (TPSA) is 118 Å². The van der Waals surface area contributed by atoms with Gasteiger partial charge in [0.15, 0.2) is 11.1 Å². The van der Waals surface area contributed by atoms with E-state index in [9.17, 15) is 9.00 Å². The van der Waals surface area contributed by atoms with E-state index in [0.717, 1.165) is 0 Å². The molecule has 0 radical (unpaired) electrons. The highest BCUT2D eigenvalue weighted by Gasteiger charge is 2.18. The maximum Gasteiger partial charge on any atom is 0.254 e. The summed E-state index contributed by atoms with van der Waals surface area (Å²) in [6.45, 7) is 5.68. The second-order valence-corrected chi connectivity index (χ2v) is 5.69. The fourth-order valence-corrected chi connectivity index (χ4v) is 1.59. The quantitative estimate of drug-likeness (QED) is 0.687. The summed E-state index contributed by atoms with van der Waals surface area (Å²) < 4.78 is 19.5. The summed E-state index contributed by atoms with van der Waals surface area (Å²) in [6, 6.07) is 0. The lowest BCUT2D eigenvalue weighted by Crippen LogP contribution is -2.29. The first-order valence-electron chi connectivity index (χ1n) is 5.20. The van der Waals surface area contributed by atoms with Crippen molar-refractivity contribution in [1.82, 2.24) is 9.97 Å². The molecular formula is C10H16N4O3S. The number of carbonyl (C=O) groups excluding carboxylic acids is 1. The predicted octanol–water partition coefficient (Wildman–Crippen LogP) is 0.508. The van der Waals surface area contributed by atoms with Crippen LogP contribution in [0.3, 0.4) is 0 Å². The van der Waals surface area contributed by atoms with Gasteiger partial charge in [0.25, 0.3) is 5.91 Å². The summed E-state index contributed by atoms with van der Waals surface area (Å²) in [5, 5.41) is 3.01. The minimum atomic E-state index is -2.03. The second kappa shape index (κ2) is 5.40. The molecule has 8 heteroatoms. The molecule has 0 saturated carbocycles. The average molecular weight is 272 g/mol. The first-order valence-corrected chi connectivity index (χ1v) is 6.48. The van der Waals surface area contributed by atoms with Crippen LogP contribution in [0.2, 0.25) is 0 Å². The molecule has 1 aromatic rings. The number of primary amides is 1. The van der Waals surface area contributed by atoms with Gasteiger partial charge < -0.3 is 15.6 Å². The van der Waals surface area contributed by atoms with Gasteiger partial charge in [-0.3, -0.25) is 4.79 Å². The molecule has 0 saturated heterocycles. The molecule has 1 heterocycles. The highest BCUT2D eigenvalue weighted by Crippen LogP contribution is 2.17. The molecular weight excluding hydrogens is 256 g/mol. The van der Waals surface area contributed by atoms with Gasteiger partial charge in [-0.2, -0.15) is 0 Å². The Balaban J connectivity index is 3.15. The number of nitrogens with two attached hydrogens (primary N) is 1. The van der Waals surface area contributed by atoms with Gasteiger partial charge in [-0.15, -0.1) is 0 Å². The first kappa shape index (κ1) is 14.5. The van der Waals surface area contributed by atoms with Crippen LogP contribution in [-0.2, 0) is 16.8 Å². The van der Waals surface area contributed by atoms with Crippen molar-refractivity contribution in [2.24, 2.45) is 5.73 Å². The van der Waals surface area contributed by atoms with Crippen molar-refractivity contribution < 1.29 is 13.6 Å². The number of hydrogen-bond acceptors (Lipinski definition) is 5. The molecule has 0 bridgehead atoms. The number of nitrogens with zero attached hydrogens (tertiary/aromatic N) is 2. The Hall–Kier alpha value is -1.54. The Morgan fingerprint density at radius 3 is 2.61 bits per heavy atom. The molecule has 1 amide bonds. The molecule has 0 fully saturated rings. The van der Waals surface area contributed by atoms with Crippen LogP contribution in [0.25, 0.3) is 0 Å². The van der Waals surface area contributed by atoms with Crippen LogP contribution in [0.4, 0.5) is 5.82 Å². The summed E-state index contributed by atoms with van der Waals surface area (Å²) in [4.78, 5) is 19.1. The minimum Gasteiger partial charge on any atom is -0.365 e. The van der Waals surface area contributed by atoms with Crippen LogP contribution in [0, 0.1) is 0 Å². The summed E-state index contributed by atoms with van der Waals surface area (Å²) in [5.41, 5.74) is 5.04. The molecule has 0 aromatic carbocycles. The maximum atomic E-state index is 11.2. The van der Waals surface area contributed by atoms with Gasteiger partial charge in [0, 0.05) is 11.7 Å². The van der Waals surface area contributed by atoms with Gasteiger partial charge in [-0.25, -0.2) is 14.2 Å². The zero-order valence-corrected chi connectivity index (χ0v) is 11.2. The van der Waals surface area contributed by atoms with E-state index in [2.05, 4.69) is 15.3 Å². The number of aromatic nitrogens is 2. The fourth-order valence-electron chi connectivity index (χ4n) is 1.23. The Bertz CT molecular complexity index is 485. The molecule has 0 spiro atoms. The van der Waals surface area contributed by atoms with Gasteiger partial charge >= 0.3 is 0 Å². The molecule has 7 nitrogen and oxygen atoms in total. The van der Waals surface area contributed by atoms with Gasteiger partial charge in [0.1, 0.15) is 17.4 Å². The van der Waals surface area contributed by atoms with Gasteiger partial charge in [0.2, 0.25) is 0 Å². The van der Waals surface area contributed by atoms with E-state index in [4.69, 9.17) is 10.3 Å². The van der Waals surface area contributed by atoms with Crippen LogP contribution < -0.4 is 11.1 Å². The predicted molar refractivity (Wildman–Crippen MR) is 68.4 cm³/mol. The van der Waals surface area contributed by atoms with Crippen molar-refractivity contribution in [2.45, 2.75) is 32.1 Å². The van der Waals surface area contributed by atoms with E-state index in [1.54, 1.807) is 0 Å². The lowest BCUT2D eigenvalue weighted by atomic mass is 10.1. The fraction of sp³-hybridized carbons (Fsp3) is 0.500. The monoisotopic (exact) mass is 272 g/mol. The van der Waals surface area contributed by atoms with Crippen LogP contribution in [0.5, 0.6) is 0 Å². The zero-order valence-electron chi connectivity index (χ0n) is 10.4. The molecule has 100 valence electrons. The van der Waals surface area contributed by atoms with Crippen molar-refractivity contribution in [3.05, 3.63) is 17.6 Å². The highest BCUT2D eigenvalue weighted by atomic mass is 32.2. The van der Waals surface area contributed by atoms with Crippen molar-refractivity contribution in [3.8, 4) is 0 Å². The third kappa shape index (κ3) is 4.38. The summed E-state index contributed by atoms with van der Waals surface area (Å²) in [7, 11) is 0. The zero-order chi connectivity index (χ0) is 13.9. The Labute approximate surface area is 107 Å². The average Bonchev–Trinajstić information content (AvgIpc) is 2.13. The number of rotatable bonds is 4. The van der Waals surface area contributed by atoms with Crippen molar-refractivity contribution in [3.63, 3.8) is 0 Å². The molecule has 1 rings (SSSR count). The molecule has 18 heavy (non-hydrogen) atoms. The lowest BCUT2D eigenvalue weighted by Gasteiger charge is -2.22. The smallest absolute Gasteiger partial charge is 0.254 e. The van der Waals surface area contributed by atoms with Gasteiger partial charge in [0.05, 0.1) is 5.56 Å². The number of anilines is 1. The maximum absolute atomic E-state index is 11.2. The van der Waals surface area contributed by atoms with Crippen molar-refractivity contribution in [1.29, 1.82) is 0 Å². The van der Waals surface area contributed by atoms with E-state index < -0.39 is 17.0 Å². The second-order valence-electron chi connectivity index (χ2n) is 4.75. The van der Waals surface area contributed by atoms with E-state index in [1.807, 2.05) is 20.8 Å². The van der Waals surface area contributed by atoms with Crippen LogP contribution in [-0.4, -0.2) is 30.2 Å². The number of carbonyl (C=O) groups is 1. The summed E-state index contributed by atoms with van der Waals surface area (Å²) in [5.74, 6) is -0.408. The van der Waals surface area contributed by atoms with Crippen LogP contribution in [0.1, 0.15) is 37.0 Å². The molecule has 1 unspecified atom stereocenters. The largest absolute Gasteiger partial charge is 0.365 e. The van der Waals surface area contributed by atoms with E-state index in [1.165, 1.54) is 6.20 Å². The summed E-state index contributed by atoms with van der Waals surface area (Å²) in [6.07, 6.45) is 1.26. The molecule has 4 N–H and O–H groups in total. The highest BCUT2D eigenvalue weighted by molar-refractivity contribution is 7.78. The SMILES string of the molecule is CC(C)(C)Nc1nc(CS(=O)O)ncc1C(N)=O. The lowest BCUT2D eigenvalue weighted by molar-refractivity contribution is 0.100. The van der Waals surface area contributed by atoms with E-state index in [0.29, 0.717) is 0 Å². The molecule has 0 aliphatic carbocycles. The van der Waals surface area contributed by atoms with Crippen molar-refractivity contribution >= 4 is 22.8 Å².